The summed E-state index contributed by atoms with van der Waals surface area (Å²) in [7, 11) is 0. The number of carboxylic acid groups (broad SMARTS) is 1. The standard InChI is InChI=1S/C18H19ClN5O4/c1-10(2)8-23(18(27)28)14(9-25)16-22-13-5-3-4-12(19)15(13)17(26)24(16)11-6-20-21-7-11/h3-7,14,25H,8-9H2,1-2H3,(H,20,21)(H,27,28)/t14-/m0/s1. The maximum atomic E-state index is 13.2. The number of fused-ring (bicyclic) bond motifs is 1. The van der Waals surface area contributed by atoms with Gasteiger partial charge < -0.3 is 10.2 Å². The maximum Gasteiger partial charge on any atom is 0.408 e. The molecule has 10 heteroatoms. The highest BCUT2D eigenvalue weighted by molar-refractivity contribution is 6.35. The summed E-state index contributed by atoms with van der Waals surface area (Å²) in [6.45, 7) is 3.08. The van der Waals surface area contributed by atoms with Gasteiger partial charge in [0.05, 0.1) is 34.4 Å². The topological polar surface area (TPSA) is 124 Å². The number of H-pyrrole nitrogens is 1. The van der Waals surface area contributed by atoms with Crippen LogP contribution in [0.1, 0.15) is 25.7 Å². The third-order valence-electron chi connectivity index (χ3n) is 4.19. The number of hydrogen-bond acceptors (Lipinski definition) is 5. The van der Waals surface area contributed by atoms with Gasteiger partial charge in [0.15, 0.2) is 0 Å². The Morgan fingerprint density at radius 2 is 2.14 bits per heavy atom. The number of aliphatic hydroxyl groups excluding tert-OH is 1. The SMILES string of the molecule is C[C](C)CN(C(=O)O)[C@@H](CO)c1nc2cccc(Cl)c2c(=O)n1-c1cn[nH]c1. The van der Waals surface area contributed by atoms with Crippen LogP contribution in [0.3, 0.4) is 0 Å². The van der Waals surface area contributed by atoms with E-state index >= 15 is 0 Å². The molecule has 3 N–H and O–H groups in total. The largest absolute Gasteiger partial charge is 0.465 e. The van der Waals surface area contributed by atoms with Crippen molar-refractivity contribution in [2.75, 3.05) is 13.2 Å². The van der Waals surface area contributed by atoms with Gasteiger partial charge in [-0.2, -0.15) is 5.10 Å². The summed E-state index contributed by atoms with van der Waals surface area (Å²) in [6, 6.07) is 3.77. The highest BCUT2D eigenvalue weighted by atomic mass is 35.5. The summed E-state index contributed by atoms with van der Waals surface area (Å²) in [4.78, 5) is 30.6. The molecule has 3 rings (SSSR count). The number of aromatic nitrogens is 4. The van der Waals surface area contributed by atoms with Gasteiger partial charge >= 0.3 is 6.09 Å². The van der Waals surface area contributed by atoms with Crippen molar-refractivity contribution in [1.82, 2.24) is 24.6 Å². The normalized spacial score (nSPS) is 12.5. The van der Waals surface area contributed by atoms with E-state index in [0.717, 1.165) is 10.8 Å². The Kier molecular flexibility index (Phi) is 5.66. The van der Waals surface area contributed by atoms with Crippen LogP contribution in [0.2, 0.25) is 5.02 Å². The van der Waals surface area contributed by atoms with E-state index in [0.29, 0.717) is 11.2 Å². The van der Waals surface area contributed by atoms with Gasteiger partial charge in [-0.05, 0) is 18.1 Å². The molecule has 147 valence electrons. The molecule has 1 amide bonds. The molecule has 0 unspecified atom stereocenters. The molecule has 0 spiro atoms. The minimum Gasteiger partial charge on any atom is -0.465 e. The quantitative estimate of drug-likeness (QED) is 0.579. The fraction of sp³-hybridized carbons (Fsp3) is 0.278. The lowest BCUT2D eigenvalue weighted by Gasteiger charge is -2.30. The molecule has 0 bridgehead atoms. The van der Waals surface area contributed by atoms with E-state index in [2.05, 4.69) is 15.2 Å². The molecule has 2 heterocycles. The molecule has 0 saturated carbocycles. The van der Waals surface area contributed by atoms with Crippen molar-refractivity contribution in [3.8, 4) is 5.69 Å². The molecule has 1 radical (unpaired) electrons. The first-order valence-electron chi connectivity index (χ1n) is 8.45. The lowest BCUT2D eigenvalue weighted by Crippen LogP contribution is -2.41. The van der Waals surface area contributed by atoms with Gasteiger partial charge in [0.2, 0.25) is 0 Å². The van der Waals surface area contributed by atoms with Gasteiger partial charge in [-0.25, -0.2) is 9.78 Å². The first-order valence-corrected chi connectivity index (χ1v) is 8.82. The van der Waals surface area contributed by atoms with Crippen LogP contribution in [-0.2, 0) is 0 Å². The van der Waals surface area contributed by atoms with E-state index in [1.54, 1.807) is 32.0 Å². The van der Waals surface area contributed by atoms with Gasteiger partial charge in [0.1, 0.15) is 11.9 Å². The minimum absolute atomic E-state index is 0.0762. The van der Waals surface area contributed by atoms with Crippen molar-refractivity contribution < 1.29 is 15.0 Å². The molecular weight excluding hydrogens is 386 g/mol. The zero-order valence-corrected chi connectivity index (χ0v) is 16.0. The average molecular weight is 405 g/mol. The number of carbonyl (C=O) groups is 1. The van der Waals surface area contributed by atoms with E-state index in [1.807, 2.05) is 0 Å². The van der Waals surface area contributed by atoms with Crippen molar-refractivity contribution in [2.24, 2.45) is 0 Å². The number of aliphatic hydroxyl groups is 1. The molecule has 0 aliphatic carbocycles. The Bertz CT molecular complexity index is 1050. The van der Waals surface area contributed by atoms with Crippen LogP contribution >= 0.6 is 11.6 Å². The fourth-order valence-electron chi connectivity index (χ4n) is 3.02. The van der Waals surface area contributed by atoms with Crippen molar-refractivity contribution in [1.29, 1.82) is 0 Å². The lowest BCUT2D eigenvalue weighted by molar-refractivity contribution is 0.0957. The molecule has 2 aromatic heterocycles. The molecule has 9 nitrogen and oxygen atoms in total. The van der Waals surface area contributed by atoms with E-state index in [9.17, 15) is 19.8 Å². The van der Waals surface area contributed by atoms with Crippen molar-refractivity contribution >= 4 is 28.6 Å². The smallest absolute Gasteiger partial charge is 0.408 e. The molecule has 0 aliphatic rings. The van der Waals surface area contributed by atoms with Gasteiger partial charge in [-0.3, -0.25) is 19.4 Å². The molecule has 3 aromatic rings. The molecule has 0 aliphatic heterocycles. The molecule has 1 atom stereocenters. The molecule has 1 aromatic carbocycles. The minimum atomic E-state index is -1.24. The lowest BCUT2D eigenvalue weighted by atomic mass is 10.1. The Hall–Kier alpha value is -2.91. The zero-order valence-electron chi connectivity index (χ0n) is 15.3. The van der Waals surface area contributed by atoms with E-state index in [1.165, 1.54) is 17.0 Å². The van der Waals surface area contributed by atoms with E-state index < -0.39 is 24.3 Å². The third-order valence-corrected chi connectivity index (χ3v) is 4.51. The van der Waals surface area contributed by atoms with E-state index in [4.69, 9.17) is 11.6 Å². The summed E-state index contributed by atoms with van der Waals surface area (Å²) in [5, 5.41) is 26.6. The number of rotatable bonds is 6. The van der Waals surface area contributed by atoms with Gasteiger partial charge in [0.25, 0.3) is 5.56 Å². The van der Waals surface area contributed by atoms with Crippen LogP contribution in [0.15, 0.2) is 35.4 Å². The zero-order chi connectivity index (χ0) is 20.4. The van der Waals surface area contributed by atoms with Gasteiger partial charge in [0, 0.05) is 12.7 Å². The number of nitrogens with zero attached hydrogens (tertiary/aromatic N) is 4. The third kappa shape index (κ3) is 3.58. The molecule has 0 fully saturated rings. The molecular formula is C18H19ClN5O4. The maximum absolute atomic E-state index is 13.2. The molecule has 0 saturated heterocycles. The summed E-state index contributed by atoms with van der Waals surface area (Å²) in [5.41, 5.74) is 0.191. The van der Waals surface area contributed by atoms with Crippen LogP contribution in [0.25, 0.3) is 16.6 Å². The first kappa shape index (κ1) is 19.8. The molecule has 28 heavy (non-hydrogen) atoms. The van der Waals surface area contributed by atoms with Crippen molar-refractivity contribution in [2.45, 2.75) is 19.9 Å². The number of aromatic amines is 1. The fourth-order valence-corrected chi connectivity index (χ4v) is 3.27. The van der Waals surface area contributed by atoms with Crippen LogP contribution < -0.4 is 5.56 Å². The Labute approximate surface area is 165 Å². The Morgan fingerprint density at radius 3 is 2.71 bits per heavy atom. The second kappa shape index (κ2) is 7.99. The highest BCUT2D eigenvalue weighted by Gasteiger charge is 2.30. The number of halogens is 1. The van der Waals surface area contributed by atoms with Crippen LogP contribution in [0.5, 0.6) is 0 Å². The number of hydrogen-bond donors (Lipinski definition) is 3. The Morgan fingerprint density at radius 1 is 1.39 bits per heavy atom. The number of nitrogens with one attached hydrogen (secondary N) is 1. The van der Waals surface area contributed by atoms with E-state index in [-0.39, 0.29) is 22.8 Å². The summed E-state index contributed by atoms with van der Waals surface area (Å²) >= 11 is 6.21. The second-order valence-electron chi connectivity index (χ2n) is 6.52. The number of amides is 1. The second-order valence-corrected chi connectivity index (χ2v) is 6.92. The highest BCUT2D eigenvalue weighted by Crippen LogP contribution is 2.26. The summed E-state index contributed by atoms with van der Waals surface area (Å²) in [6.07, 6.45) is 1.65. The predicted octanol–water partition coefficient (Wildman–Crippen LogP) is 2.39. The monoisotopic (exact) mass is 404 g/mol. The van der Waals surface area contributed by atoms with Crippen LogP contribution in [0, 0.1) is 5.92 Å². The van der Waals surface area contributed by atoms with Crippen LogP contribution in [-0.4, -0.2) is 54.1 Å². The number of benzene rings is 1. The first-order chi connectivity index (χ1) is 13.3. The predicted molar refractivity (Wildman–Crippen MR) is 104 cm³/mol. The van der Waals surface area contributed by atoms with Crippen molar-refractivity contribution in [3.05, 3.63) is 57.7 Å². The average Bonchev–Trinajstić information content (AvgIpc) is 3.15. The van der Waals surface area contributed by atoms with Gasteiger partial charge in [-0.1, -0.05) is 31.5 Å². The summed E-state index contributed by atoms with van der Waals surface area (Å²) < 4.78 is 1.22. The van der Waals surface area contributed by atoms with Gasteiger partial charge in [-0.15, -0.1) is 0 Å². The van der Waals surface area contributed by atoms with Crippen LogP contribution in [0.4, 0.5) is 4.79 Å². The van der Waals surface area contributed by atoms with Crippen molar-refractivity contribution in [3.63, 3.8) is 0 Å². The summed E-state index contributed by atoms with van der Waals surface area (Å²) in [5.74, 6) is 0.897. The Balaban J connectivity index is 2.33.